The van der Waals surface area contributed by atoms with E-state index in [1.807, 2.05) is 0 Å². The Bertz CT molecular complexity index is 3870. The normalized spacial score (nSPS) is 21.4. The molecule has 4 aliphatic carbocycles. The molecule has 0 spiro atoms. The fourth-order valence-corrected chi connectivity index (χ4v) is 17.3. The maximum atomic E-state index is 2.80. The van der Waals surface area contributed by atoms with Crippen LogP contribution in [-0.4, -0.2) is 6.71 Å². The van der Waals surface area contributed by atoms with Crippen molar-refractivity contribution in [3.05, 3.63) is 148 Å². The Balaban J connectivity index is 1.14. The Hall–Kier alpha value is -5.58. The highest BCUT2D eigenvalue weighted by atomic mass is 32.1. The van der Waals surface area contributed by atoms with Gasteiger partial charge < -0.3 is 9.80 Å². The van der Waals surface area contributed by atoms with Crippen LogP contribution in [0.1, 0.15) is 180 Å². The minimum absolute atomic E-state index is 0.0433. The first kappa shape index (κ1) is 44.9. The van der Waals surface area contributed by atoms with Crippen LogP contribution >= 0.6 is 11.3 Å². The molecule has 15 rings (SSSR count). The van der Waals surface area contributed by atoms with Gasteiger partial charge in [0.2, 0.25) is 0 Å². The minimum atomic E-state index is -0.153. The highest BCUT2D eigenvalue weighted by Gasteiger charge is 2.51. The second-order valence-corrected chi connectivity index (χ2v) is 29.6. The highest BCUT2D eigenvalue weighted by molar-refractivity contribution is 7.33. The molecule has 3 aliphatic heterocycles. The zero-order valence-corrected chi connectivity index (χ0v) is 46.8. The van der Waals surface area contributed by atoms with Gasteiger partial charge in [-0.25, -0.2) is 0 Å². The van der Waals surface area contributed by atoms with Crippen LogP contribution in [0, 0.1) is 0 Å². The number of hydrogen-bond donors (Lipinski definition) is 0. The average molecular weight is 971 g/mol. The summed E-state index contributed by atoms with van der Waals surface area (Å²) in [5.74, 6) is 0. The summed E-state index contributed by atoms with van der Waals surface area (Å²) in [6, 6.07) is 43.2. The van der Waals surface area contributed by atoms with E-state index in [1.165, 1.54) is 170 Å². The van der Waals surface area contributed by atoms with Crippen LogP contribution in [0.25, 0.3) is 43.1 Å². The smallest absolute Gasteiger partial charge is 0.264 e. The zero-order chi connectivity index (χ0) is 50.6. The number of nitrogens with zero attached hydrogens (tertiary/aromatic N) is 2. The van der Waals surface area contributed by atoms with Gasteiger partial charge in [0.05, 0.1) is 11.4 Å². The van der Waals surface area contributed by atoms with E-state index in [9.17, 15) is 0 Å². The monoisotopic (exact) mass is 971 g/mol. The van der Waals surface area contributed by atoms with Gasteiger partial charge in [-0.3, -0.25) is 0 Å². The molecule has 7 aliphatic rings. The molecular weight excluding hydrogens is 900 g/mol. The Kier molecular flexibility index (Phi) is 8.38. The number of fused-ring (bicyclic) bond motifs is 13. The average Bonchev–Trinajstić information content (AvgIpc) is 3.82. The zero-order valence-electron chi connectivity index (χ0n) is 45.9. The maximum absolute atomic E-state index is 2.80. The number of benzene rings is 7. The van der Waals surface area contributed by atoms with Crippen molar-refractivity contribution >= 4 is 88.7 Å². The van der Waals surface area contributed by atoms with Crippen molar-refractivity contribution in [2.24, 2.45) is 0 Å². The molecule has 73 heavy (non-hydrogen) atoms. The minimum Gasteiger partial charge on any atom is -0.311 e. The van der Waals surface area contributed by atoms with Gasteiger partial charge in [0.15, 0.2) is 0 Å². The molecule has 4 bridgehead atoms. The van der Waals surface area contributed by atoms with E-state index < -0.39 is 0 Å². The van der Waals surface area contributed by atoms with Crippen LogP contribution in [0.4, 0.5) is 34.1 Å². The largest absolute Gasteiger partial charge is 0.311 e. The summed E-state index contributed by atoms with van der Waals surface area (Å²) in [5.41, 5.74) is 28.6. The quantitative estimate of drug-likeness (QED) is 0.151. The topological polar surface area (TPSA) is 6.48 Å². The summed E-state index contributed by atoms with van der Waals surface area (Å²) in [7, 11) is 0. The summed E-state index contributed by atoms with van der Waals surface area (Å²) in [6.07, 6.45) is 7.13. The van der Waals surface area contributed by atoms with Gasteiger partial charge in [-0.15, -0.1) is 11.3 Å². The van der Waals surface area contributed by atoms with Crippen LogP contribution in [0.2, 0.25) is 0 Å². The fourth-order valence-electron chi connectivity index (χ4n) is 16.0. The second-order valence-electron chi connectivity index (χ2n) is 28.5. The van der Waals surface area contributed by atoms with Crippen LogP contribution < -0.4 is 25.5 Å². The van der Waals surface area contributed by atoms with E-state index in [-0.39, 0.29) is 44.6 Å². The van der Waals surface area contributed by atoms with Gasteiger partial charge in [-0.1, -0.05) is 139 Å². The molecule has 0 saturated carbocycles. The SMILES string of the molecule is CC1(C)CCC(C)(C)c2cc(N3c4cc5cc6c4B(c4cc7c(cc4N6c4cccc6c4-c4cc8c-5cccc8cc4C6(C)C)C(C)(C)CCC7(C)C)c4sc5cc6c(cc5c43)C(C)(C)CCC6(C)C)ccc21. The fraction of sp³-hybridized carbons (Fsp3) is 0.391. The molecule has 4 heterocycles. The first-order valence-electron chi connectivity index (χ1n) is 27.8. The van der Waals surface area contributed by atoms with Crippen LogP contribution in [0.15, 0.2) is 103 Å². The van der Waals surface area contributed by atoms with Gasteiger partial charge in [0, 0.05) is 48.6 Å². The Morgan fingerprint density at radius 1 is 0.425 bits per heavy atom. The standard InChI is InChI=1S/C69H71BN2S/c1-63(2)23-24-64(3,4)48-32-40(21-22-45(48)63)71-56-30-39-31-57-60(56)70(62-61(71)44-34-49-52(37-58(44)73-62)68(11,12)28-25-65(49,5)6)53-35-50-51(67(9,10)27-26-66(50,7)8)36-55(53)72(57)54-20-16-19-46-59(54)43-33-42-38(17-15-18-41(39)42)29-47(43)69(46,13)14/h15-22,29-37H,23-28H2,1-14H3. The predicted octanol–water partition coefficient (Wildman–Crippen LogP) is 17.5. The van der Waals surface area contributed by atoms with Crippen LogP contribution in [0.5, 0.6) is 0 Å². The molecule has 0 radical (unpaired) electrons. The van der Waals surface area contributed by atoms with E-state index in [2.05, 4.69) is 221 Å². The van der Waals surface area contributed by atoms with Crippen molar-refractivity contribution in [3.8, 4) is 22.3 Å². The van der Waals surface area contributed by atoms with Crippen molar-refractivity contribution in [3.63, 3.8) is 0 Å². The molecule has 2 nitrogen and oxygen atoms in total. The van der Waals surface area contributed by atoms with Gasteiger partial charge in [-0.2, -0.15) is 0 Å². The van der Waals surface area contributed by atoms with Crippen molar-refractivity contribution in [1.29, 1.82) is 0 Å². The van der Waals surface area contributed by atoms with Crippen LogP contribution in [-0.2, 0) is 37.9 Å². The molecule has 366 valence electrons. The summed E-state index contributed by atoms with van der Waals surface area (Å²) in [6.45, 7) is 35.0. The molecule has 4 heteroatoms. The Morgan fingerprint density at radius 3 is 1.67 bits per heavy atom. The third-order valence-corrected chi connectivity index (χ3v) is 22.1. The molecule has 0 atom stereocenters. The van der Waals surface area contributed by atoms with E-state index in [0.717, 1.165) is 0 Å². The van der Waals surface area contributed by atoms with E-state index in [1.54, 1.807) is 5.56 Å². The third kappa shape index (κ3) is 5.67. The van der Waals surface area contributed by atoms with E-state index in [0.29, 0.717) is 0 Å². The number of anilines is 6. The number of thiophene rings is 1. The van der Waals surface area contributed by atoms with Gasteiger partial charge in [0.1, 0.15) is 0 Å². The van der Waals surface area contributed by atoms with Crippen molar-refractivity contribution < 1.29 is 0 Å². The molecule has 0 amide bonds. The van der Waals surface area contributed by atoms with Crippen molar-refractivity contribution in [2.75, 3.05) is 9.80 Å². The van der Waals surface area contributed by atoms with Gasteiger partial charge in [0.25, 0.3) is 6.71 Å². The Morgan fingerprint density at radius 2 is 1.00 bits per heavy atom. The number of hydrogen-bond acceptors (Lipinski definition) is 3. The lowest BCUT2D eigenvalue weighted by atomic mass is 9.35. The lowest BCUT2D eigenvalue weighted by molar-refractivity contribution is 0.332. The third-order valence-electron chi connectivity index (χ3n) is 20.9. The second kappa shape index (κ2) is 13.6. The van der Waals surface area contributed by atoms with Gasteiger partial charge >= 0.3 is 0 Å². The molecular formula is C69H71BN2S. The number of rotatable bonds is 1. The summed E-state index contributed by atoms with van der Waals surface area (Å²) >= 11 is 2.10. The van der Waals surface area contributed by atoms with E-state index >= 15 is 0 Å². The highest BCUT2D eigenvalue weighted by Crippen LogP contribution is 2.60. The summed E-state index contributed by atoms with van der Waals surface area (Å²) in [4.78, 5) is 5.58. The molecule has 0 saturated heterocycles. The summed E-state index contributed by atoms with van der Waals surface area (Å²) < 4.78 is 2.91. The molecule has 0 N–H and O–H groups in total. The Labute approximate surface area is 439 Å². The first-order chi connectivity index (χ1) is 34.4. The lowest BCUT2D eigenvalue weighted by Gasteiger charge is -2.47. The molecule has 8 aromatic rings. The van der Waals surface area contributed by atoms with Gasteiger partial charge in [-0.05, 0) is 215 Å². The predicted molar refractivity (Wildman–Crippen MR) is 316 cm³/mol. The van der Waals surface area contributed by atoms with E-state index in [4.69, 9.17) is 0 Å². The molecule has 1 aromatic heterocycles. The lowest BCUT2D eigenvalue weighted by Crippen LogP contribution is -2.61. The first-order valence-corrected chi connectivity index (χ1v) is 28.6. The van der Waals surface area contributed by atoms with Crippen molar-refractivity contribution in [2.45, 2.75) is 173 Å². The molecule has 7 aromatic carbocycles. The molecule has 0 unspecified atom stereocenters. The molecule has 0 fully saturated rings. The van der Waals surface area contributed by atoms with Crippen LogP contribution in [0.3, 0.4) is 0 Å². The van der Waals surface area contributed by atoms with Crippen molar-refractivity contribution in [1.82, 2.24) is 0 Å². The maximum Gasteiger partial charge on any atom is 0.264 e. The summed E-state index contributed by atoms with van der Waals surface area (Å²) in [5, 5.41) is 4.07.